The first kappa shape index (κ1) is 16.1. The molecule has 0 bridgehead atoms. The van der Waals surface area contributed by atoms with Gasteiger partial charge < -0.3 is 16.4 Å². The van der Waals surface area contributed by atoms with Crippen molar-refractivity contribution in [1.29, 1.82) is 0 Å². The minimum Gasteiger partial charge on any atom is -0.393 e. The summed E-state index contributed by atoms with van der Waals surface area (Å²) in [4.78, 5) is 8.45. The number of nitrogen functional groups attached to an aromatic ring is 1. The molecule has 0 aliphatic carbocycles. The Bertz CT molecular complexity index is 842. The van der Waals surface area contributed by atoms with E-state index in [1.165, 1.54) is 17.5 Å². The monoisotopic (exact) mass is 339 g/mol. The summed E-state index contributed by atoms with van der Waals surface area (Å²) in [5.74, 6) is 1.10. The van der Waals surface area contributed by atoms with Gasteiger partial charge in [0, 0.05) is 16.4 Å². The first-order valence-electron chi connectivity index (χ1n) is 7.49. The third-order valence-electron chi connectivity index (χ3n) is 3.48. The van der Waals surface area contributed by atoms with Crippen LogP contribution in [0.4, 0.5) is 28.7 Å². The summed E-state index contributed by atoms with van der Waals surface area (Å²) in [6.45, 7) is 4.10. The van der Waals surface area contributed by atoms with Gasteiger partial charge >= 0.3 is 0 Å². The minimum atomic E-state index is 0.451. The van der Waals surface area contributed by atoms with Gasteiger partial charge in [-0.05, 0) is 61.4 Å². The van der Waals surface area contributed by atoms with E-state index in [9.17, 15) is 0 Å². The van der Waals surface area contributed by atoms with Gasteiger partial charge in [-0.25, -0.2) is 9.97 Å². The van der Waals surface area contributed by atoms with Crippen molar-refractivity contribution < 1.29 is 0 Å². The lowest BCUT2D eigenvalue weighted by atomic mass is 10.1. The van der Waals surface area contributed by atoms with E-state index in [-0.39, 0.29) is 0 Å². The van der Waals surface area contributed by atoms with Crippen LogP contribution in [0.3, 0.4) is 0 Å². The third-order valence-corrected chi connectivity index (χ3v) is 3.73. The van der Waals surface area contributed by atoms with Gasteiger partial charge in [-0.3, -0.25) is 0 Å². The van der Waals surface area contributed by atoms with E-state index in [2.05, 4.69) is 40.5 Å². The molecule has 0 atom stereocenters. The predicted molar refractivity (Wildman–Crippen MR) is 100 cm³/mol. The quantitative estimate of drug-likeness (QED) is 0.635. The average Bonchev–Trinajstić information content (AvgIpc) is 2.52. The zero-order valence-electron chi connectivity index (χ0n) is 13.5. The Morgan fingerprint density at radius 1 is 0.833 bits per heavy atom. The number of nitrogens with two attached hydrogens (primary N) is 1. The average molecular weight is 340 g/mol. The normalized spacial score (nSPS) is 10.5. The number of hydrogen-bond acceptors (Lipinski definition) is 5. The highest BCUT2D eigenvalue weighted by atomic mass is 35.5. The van der Waals surface area contributed by atoms with Crippen LogP contribution in [0.5, 0.6) is 0 Å². The van der Waals surface area contributed by atoms with Gasteiger partial charge in [0.05, 0.1) is 0 Å². The molecule has 0 saturated carbocycles. The SMILES string of the molecule is Cc1cc(C)cc(Nc2ncnc(Nc3ccc(Cl)cc3)c2N)c1. The van der Waals surface area contributed by atoms with E-state index in [4.69, 9.17) is 17.3 Å². The number of rotatable bonds is 4. The molecule has 1 aromatic heterocycles. The highest BCUT2D eigenvalue weighted by Gasteiger charge is 2.09. The van der Waals surface area contributed by atoms with Crippen LogP contribution < -0.4 is 16.4 Å². The van der Waals surface area contributed by atoms with Crippen molar-refractivity contribution in [3.05, 3.63) is 64.9 Å². The molecular formula is C18H18ClN5. The number of aromatic nitrogens is 2. The summed E-state index contributed by atoms with van der Waals surface area (Å²) in [5, 5.41) is 7.10. The van der Waals surface area contributed by atoms with Gasteiger partial charge in [-0.1, -0.05) is 17.7 Å². The minimum absolute atomic E-state index is 0.451. The summed E-state index contributed by atoms with van der Waals surface area (Å²) in [6, 6.07) is 13.5. The largest absolute Gasteiger partial charge is 0.393 e. The summed E-state index contributed by atoms with van der Waals surface area (Å²) in [6.07, 6.45) is 1.47. The Labute approximate surface area is 145 Å². The van der Waals surface area contributed by atoms with E-state index in [1.807, 2.05) is 24.3 Å². The van der Waals surface area contributed by atoms with Crippen LogP contribution >= 0.6 is 11.6 Å². The summed E-state index contributed by atoms with van der Waals surface area (Å²) >= 11 is 5.90. The van der Waals surface area contributed by atoms with Crippen LogP contribution in [0.25, 0.3) is 0 Å². The molecule has 4 N–H and O–H groups in total. The number of aryl methyl sites for hydroxylation is 2. The molecule has 2 aromatic carbocycles. The first-order valence-corrected chi connectivity index (χ1v) is 7.87. The first-order chi connectivity index (χ1) is 11.5. The van der Waals surface area contributed by atoms with E-state index < -0.39 is 0 Å². The lowest BCUT2D eigenvalue weighted by molar-refractivity contribution is 1.17. The fourth-order valence-electron chi connectivity index (χ4n) is 2.45. The molecule has 1 heterocycles. The Morgan fingerprint density at radius 2 is 1.38 bits per heavy atom. The Kier molecular flexibility index (Phi) is 4.53. The molecule has 6 heteroatoms. The Hall–Kier alpha value is -2.79. The maximum absolute atomic E-state index is 6.21. The lowest BCUT2D eigenvalue weighted by Gasteiger charge is -2.13. The Balaban J connectivity index is 1.86. The fraction of sp³-hybridized carbons (Fsp3) is 0.111. The number of halogens is 1. The number of anilines is 5. The van der Waals surface area contributed by atoms with Gasteiger partial charge in [0.1, 0.15) is 12.0 Å². The molecule has 122 valence electrons. The van der Waals surface area contributed by atoms with Crippen molar-refractivity contribution in [2.24, 2.45) is 0 Å². The zero-order chi connectivity index (χ0) is 17.1. The molecule has 0 unspecified atom stereocenters. The highest BCUT2D eigenvalue weighted by Crippen LogP contribution is 2.29. The number of nitrogens with one attached hydrogen (secondary N) is 2. The van der Waals surface area contributed by atoms with Gasteiger partial charge in [-0.15, -0.1) is 0 Å². The number of hydrogen-bond donors (Lipinski definition) is 3. The third kappa shape index (κ3) is 3.75. The van der Waals surface area contributed by atoms with Crippen molar-refractivity contribution in [2.45, 2.75) is 13.8 Å². The summed E-state index contributed by atoms with van der Waals surface area (Å²) in [5.41, 5.74) is 10.8. The van der Waals surface area contributed by atoms with Gasteiger partial charge in [0.2, 0.25) is 0 Å². The standard InChI is InChI=1S/C18H18ClN5/c1-11-7-12(2)9-15(8-11)24-18-16(20)17(21-10-22-18)23-14-5-3-13(19)4-6-14/h3-10H,20H2,1-2H3,(H2,21,22,23,24). The fourth-order valence-corrected chi connectivity index (χ4v) is 2.57. The second-order valence-electron chi connectivity index (χ2n) is 5.62. The van der Waals surface area contributed by atoms with E-state index in [0.29, 0.717) is 22.3 Å². The van der Waals surface area contributed by atoms with Crippen LogP contribution in [-0.2, 0) is 0 Å². The highest BCUT2D eigenvalue weighted by molar-refractivity contribution is 6.30. The zero-order valence-corrected chi connectivity index (χ0v) is 14.2. The maximum Gasteiger partial charge on any atom is 0.159 e. The van der Waals surface area contributed by atoms with Crippen molar-refractivity contribution in [3.63, 3.8) is 0 Å². The van der Waals surface area contributed by atoms with Crippen molar-refractivity contribution in [2.75, 3.05) is 16.4 Å². The predicted octanol–water partition coefficient (Wildman–Crippen LogP) is 4.82. The molecule has 24 heavy (non-hydrogen) atoms. The van der Waals surface area contributed by atoms with Crippen LogP contribution in [0.2, 0.25) is 5.02 Å². The van der Waals surface area contributed by atoms with Crippen LogP contribution in [0.15, 0.2) is 48.8 Å². The Morgan fingerprint density at radius 3 is 1.96 bits per heavy atom. The van der Waals surface area contributed by atoms with Crippen LogP contribution in [0, 0.1) is 13.8 Å². The van der Waals surface area contributed by atoms with Gasteiger partial charge in [0.15, 0.2) is 11.6 Å². The molecule has 0 fully saturated rings. The topological polar surface area (TPSA) is 75.9 Å². The molecule has 5 nitrogen and oxygen atoms in total. The molecule has 3 aromatic rings. The lowest BCUT2D eigenvalue weighted by Crippen LogP contribution is -2.05. The van der Waals surface area contributed by atoms with E-state index in [0.717, 1.165) is 11.4 Å². The number of nitrogens with zero attached hydrogens (tertiary/aromatic N) is 2. The van der Waals surface area contributed by atoms with E-state index in [1.54, 1.807) is 12.1 Å². The second kappa shape index (κ2) is 6.76. The molecular weight excluding hydrogens is 322 g/mol. The molecule has 0 radical (unpaired) electrons. The molecule has 0 saturated heterocycles. The van der Waals surface area contributed by atoms with Gasteiger partial charge in [0.25, 0.3) is 0 Å². The van der Waals surface area contributed by atoms with Crippen molar-refractivity contribution in [1.82, 2.24) is 9.97 Å². The number of benzene rings is 2. The molecule has 0 amide bonds. The second-order valence-corrected chi connectivity index (χ2v) is 6.05. The summed E-state index contributed by atoms with van der Waals surface area (Å²) < 4.78 is 0. The van der Waals surface area contributed by atoms with Crippen LogP contribution in [-0.4, -0.2) is 9.97 Å². The van der Waals surface area contributed by atoms with Crippen LogP contribution in [0.1, 0.15) is 11.1 Å². The summed E-state index contributed by atoms with van der Waals surface area (Å²) in [7, 11) is 0. The molecule has 0 spiro atoms. The smallest absolute Gasteiger partial charge is 0.159 e. The van der Waals surface area contributed by atoms with Gasteiger partial charge in [-0.2, -0.15) is 0 Å². The maximum atomic E-state index is 6.21. The van der Waals surface area contributed by atoms with E-state index >= 15 is 0 Å². The van der Waals surface area contributed by atoms with Crippen molar-refractivity contribution in [3.8, 4) is 0 Å². The van der Waals surface area contributed by atoms with Crippen molar-refractivity contribution >= 4 is 40.3 Å². The molecule has 3 rings (SSSR count). The molecule has 0 aliphatic rings. The molecule has 0 aliphatic heterocycles.